The van der Waals surface area contributed by atoms with Crippen molar-refractivity contribution >= 4 is 40.9 Å². The van der Waals surface area contributed by atoms with Gasteiger partial charge in [-0.2, -0.15) is 0 Å². The Morgan fingerprint density at radius 3 is 2.29 bits per heavy atom. The van der Waals surface area contributed by atoms with Crippen LogP contribution in [0.15, 0.2) is 18.2 Å². The molecule has 0 aliphatic carbocycles. The van der Waals surface area contributed by atoms with Gasteiger partial charge in [-0.3, -0.25) is 4.79 Å². The van der Waals surface area contributed by atoms with Crippen molar-refractivity contribution in [2.75, 3.05) is 44.6 Å². The van der Waals surface area contributed by atoms with Crippen LogP contribution in [0.2, 0.25) is 10.0 Å². The van der Waals surface area contributed by atoms with Crippen molar-refractivity contribution < 1.29 is 14.3 Å². The highest BCUT2D eigenvalue weighted by molar-refractivity contribution is 6.39. The fourth-order valence-corrected chi connectivity index (χ4v) is 3.00. The number of anilines is 1. The number of benzene rings is 1. The van der Waals surface area contributed by atoms with Gasteiger partial charge in [-0.05, 0) is 19.1 Å². The molecular weight excluding hydrogens is 353 g/mol. The van der Waals surface area contributed by atoms with Gasteiger partial charge >= 0.3 is 6.09 Å². The summed E-state index contributed by atoms with van der Waals surface area (Å²) in [5, 5.41) is 4.15. The van der Waals surface area contributed by atoms with E-state index in [2.05, 4.69) is 5.32 Å². The number of piperazine rings is 1. The third kappa shape index (κ3) is 4.92. The molecule has 24 heavy (non-hydrogen) atoms. The van der Waals surface area contributed by atoms with Gasteiger partial charge in [-0.25, -0.2) is 4.79 Å². The van der Waals surface area contributed by atoms with Gasteiger partial charge in [0.15, 0.2) is 0 Å². The quantitative estimate of drug-likeness (QED) is 0.861. The van der Waals surface area contributed by atoms with E-state index in [0.29, 0.717) is 61.5 Å². The number of rotatable bonds is 5. The van der Waals surface area contributed by atoms with Crippen LogP contribution < -0.4 is 5.32 Å². The number of hydrogen-bond donors (Lipinski definition) is 1. The van der Waals surface area contributed by atoms with Crippen molar-refractivity contribution in [2.45, 2.75) is 13.3 Å². The Morgan fingerprint density at radius 1 is 1.12 bits per heavy atom. The van der Waals surface area contributed by atoms with Crippen LogP contribution in [0, 0.1) is 0 Å². The van der Waals surface area contributed by atoms with Crippen LogP contribution in [-0.4, -0.2) is 61.1 Å². The second kappa shape index (κ2) is 8.99. The highest BCUT2D eigenvalue weighted by Gasteiger charge is 2.24. The Labute approximate surface area is 151 Å². The van der Waals surface area contributed by atoms with Crippen LogP contribution in [0.5, 0.6) is 0 Å². The van der Waals surface area contributed by atoms with Gasteiger partial charge in [-0.15, -0.1) is 0 Å². The van der Waals surface area contributed by atoms with Crippen LogP contribution in [-0.2, 0) is 9.53 Å². The van der Waals surface area contributed by atoms with Gasteiger partial charge in [0.25, 0.3) is 0 Å². The summed E-state index contributed by atoms with van der Waals surface area (Å²) in [6.07, 6.45) is 0.0145. The minimum Gasteiger partial charge on any atom is -0.450 e. The molecule has 1 aliphatic rings. The molecule has 0 spiro atoms. The summed E-state index contributed by atoms with van der Waals surface area (Å²) in [6, 6.07) is 5.25. The van der Waals surface area contributed by atoms with Gasteiger partial charge in [0.05, 0.1) is 22.3 Å². The second-order valence-corrected chi connectivity index (χ2v) is 6.15. The van der Waals surface area contributed by atoms with Crippen molar-refractivity contribution in [3.63, 3.8) is 0 Å². The molecule has 1 N–H and O–H groups in total. The zero-order valence-electron chi connectivity index (χ0n) is 13.6. The highest BCUT2D eigenvalue weighted by atomic mass is 35.5. The summed E-state index contributed by atoms with van der Waals surface area (Å²) in [6.45, 7) is 4.60. The lowest BCUT2D eigenvalue weighted by Gasteiger charge is -2.34. The van der Waals surface area contributed by atoms with Crippen molar-refractivity contribution in [2.24, 2.45) is 0 Å². The lowest BCUT2D eigenvalue weighted by molar-refractivity contribution is -0.132. The van der Waals surface area contributed by atoms with E-state index < -0.39 is 0 Å². The summed E-state index contributed by atoms with van der Waals surface area (Å²) < 4.78 is 4.96. The maximum absolute atomic E-state index is 12.2. The first-order valence-electron chi connectivity index (χ1n) is 7.90. The predicted molar refractivity (Wildman–Crippen MR) is 94.7 cm³/mol. The zero-order chi connectivity index (χ0) is 17.5. The summed E-state index contributed by atoms with van der Waals surface area (Å²) >= 11 is 12.1. The Hall–Kier alpha value is -1.66. The van der Waals surface area contributed by atoms with E-state index in [9.17, 15) is 9.59 Å². The van der Waals surface area contributed by atoms with Crippen LogP contribution in [0.3, 0.4) is 0 Å². The molecule has 2 rings (SSSR count). The minimum absolute atomic E-state index is 0.0363. The van der Waals surface area contributed by atoms with Gasteiger partial charge in [0.1, 0.15) is 0 Å². The van der Waals surface area contributed by atoms with Crippen molar-refractivity contribution in [3.05, 3.63) is 28.2 Å². The topological polar surface area (TPSA) is 61.9 Å². The molecule has 132 valence electrons. The third-order valence-electron chi connectivity index (χ3n) is 3.76. The first kappa shape index (κ1) is 18.7. The zero-order valence-corrected chi connectivity index (χ0v) is 15.1. The molecule has 0 atom stereocenters. The summed E-state index contributed by atoms with van der Waals surface area (Å²) in [4.78, 5) is 27.3. The Morgan fingerprint density at radius 2 is 1.71 bits per heavy atom. The molecule has 1 aromatic rings. The molecule has 0 unspecified atom stereocenters. The number of para-hydroxylation sites is 1. The summed E-state index contributed by atoms with van der Waals surface area (Å²) in [7, 11) is 0. The summed E-state index contributed by atoms with van der Waals surface area (Å²) in [5.41, 5.74) is 0.640. The largest absolute Gasteiger partial charge is 0.450 e. The predicted octanol–water partition coefficient (Wildman–Crippen LogP) is 3.10. The molecule has 8 heteroatoms. The number of ether oxygens (including phenoxy) is 1. The lowest BCUT2D eigenvalue weighted by atomic mass is 10.2. The molecule has 1 aliphatic heterocycles. The first-order chi connectivity index (χ1) is 11.5. The maximum Gasteiger partial charge on any atom is 0.409 e. The molecular formula is C16H21Cl2N3O3. The Bertz CT molecular complexity index is 570. The Balaban J connectivity index is 1.75. The van der Waals surface area contributed by atoms with E-state index >= 15 is 0 Å². The lowest BCUT2D eigenvalue weighted by Crippen LogP contribution is -2.50. The Kier molecular flexibility index (Phi) is 6.99. The van der Waals surface area contributed by atoms with Gasteiger partial charge in [0, 0.05) is 39.1 Å². The molecule has 0 saturated carbocycles. The number of nitrogens with zero attached hydrogens (tertiary/aromatic N) is 2. The van der Waals surface area contributed by atoms with Crippen LogP contribution >= 0.6 is 23.2 Å². The number of amides is 2. The number of carbonyl (C=O) groups excluding carboxylic acids is 2. The molecule has 1 fully saturated rings. The fraction of sp³-hybridized carbons (Fsp3) is 0.500. The van der Waals surface area contributed by atoms with E-state index in [4.69, 9.17) is 27.9 Å². The van der Waals surface area contributed by atoms with Crippen LogP contribution in [0.1, 0.15) is 13.3 Å². The van der Waals surface area contributed by atoms with E-state index in [1.807, 2.05) is 0 Å². The minimum atomic E-state index is -0.320. The SMILES string of the molecule is CCOC(=O)N1CCN(C(=O)CCNc2c(Cl)cccc2Cl)CC1. The molecule has 2 amide bonds. The molecule has 1 aromatic carbocycles. The molecule has 1 heterocycles. The highest BCUT2D eigenvalue weighted by Crippen LogP contribution is 2.29. The summed E-state index contributed by atoms with van der Waals surface area (Å²) in [5.74, 6) is 0.0363. The van der Waals surface area contributed by atoms with E-state index in [1.165, 1.54) is 0 Å². The number of nitrogens with one attached hydrogen (secondary N) is 1. The number of carbonyl (C=O) groups is 2. The van der Waals surface area contributed by atoms with E-state index in [0.717, 1.165) is 0 Å². The van der Waals surface area contributed by atoms with Gasteiger partial charge in [0.2, 0.25) is 5.91 Å². The average Bonchev–Trinajstić information content (AvgIpc) is 2.57. The molecule has 1 saturated heterocycles. The third-order valence-corrected chi connectivity index (χ3v) is 4.39. The van der Waals surface area contributed by atoms with Gasteiger partial charge in [-0.1, -0.05) is 29.3 Å². The van der Waals surface area contributed by atoms with Crippen LogP contribution in [0.25, 0.3) is 0 Å². The van der Waals surface area contributed by atoms with Crippen molar-refractivity contribution in [3.8, 4) is 0 Å². The molecule has 0 bridgehead atoms. The molecule has 0 aromatic heterocycles. The smallest absolute Gasteiger partial charge is 0.409 e. The standard InChI is InChI=1S/C16H21Cl2N3O3/c1-2-24-16(23)21-10-8-20(9-11-21)14(22)6-7-19-15-12(17)4-3-5-13(15)18/h3-5,19H,2,6-11H2,1H3. The molecule has 0 radical (unpaired) electrons. The second-order valence-electron chi connectivity index (χ2n) is 5.34. The van der Waals surface area contributed by atoms with E-state index in [-0.39, 0.29) is 12.0 Å². The fourth-order valence-electron chi connectivity index (χ4n) is 2.47. The number of hydrogen-bond acceptors (Lipinski definition) is 4. The number of halogens is 2. The average molecular weight is 374 g/mol. The van der Waals surface area contributed by atoms with Gasteiger partial charge < -0.3 is 19.9 Å². The monoisotopic (exact) mass is 373 g/mol. The van der Waals surface area contributed by atoms with Crippen molar-refractivity contribution in [1.29, 1.82) is 0 Å². The van der Waals surface area contributed by atoms with Crippen molar-refractivity contribution in [1.82, 2.24) is 9.80 Å². The first-order valence-corrected chi connectivity index (χ1v) is 8.66. The van der Waals surface area contributed by atoms with E-state index in [1.54, 1.807) is 34.9 Å². The maximum atomic E-state index is 12.2. The van der Waals surface area contributed by atoms with Crippen LogP contribution in [0.4, 0.5) is 10.5 Å². The molecule has 6 nitrogen and oxygen atoms in total. The normalized spacial score (nSPS) is 14.5.